The number of carbonyl (C=O) groups is 2. The average molecular weight is 346 g/mol. The molecule has 4 aromatic rings. The number of ketones is 1. The van der Waals surface area contributed by atoms with Crippen LogP contribution >= 0.6 is 0 Å². The lowest BCUT2D eigenvalue weighted by atomic mass is 10.0. The average Bonchev–Trinajstić information content (AvgIpc) is 3.36. The van der Waals surface area contributed by atoms with E-state index in [1.54, 1.807) is 24.3 Å². The van der Waals surface area contributed by atoms with Crippen molar-refractivity contribution in [1.29, 1.82) is 0 Å². The summed E-state index contributed by atoms with van der Waals surface area (Å²) in [7, 11) is 0. The van der Waals surface area contributed by atoms with Crippen molar-refractivity contribution >= 4 is 22.5 Å². The summed E-state index contributed by atoms with van der Waals surface area (Å²) in [5.41, 5.74) is 1.14. The summed E-state index contributed by atoms with van der Waals surface area (Å²) in [4.78, 5) is 24.4. The number of carbonyl (C=O) groups excluding carboxylic acids is 2. The highest BCUT2D eigenvalue weighted by Crippen LogP contribution is 2.19. The van der Waals surface area contributed by atoms with Crippen LogP contribution in [0.4, 0.5) is 0 Å². The number of aromatic nitrogens is 2. The molecule has 0 fully saturated rings. The number of furan rings is 1. The van der Waals surface area contributed by atoms with Crippen molar-refractivity contribution in [3.8, 4) is 11.5 Å². The van der Waals surface area contributed by atoms with Crippen molar-refractivity contribution in [2.45, 2.75) is 0 Å². The summed E-state index contributed by atoms with van der Waals surface area (Å²) in [5.74, 6) is -0.383. The van der Waals surface area contributed by atoms with E-state index >= 15 is 0 Å². The molecule has 0 unspecified atom stereocenters. The molecule has 2 aromatic carbocycles. The van der Waals surface area contributed by atoms with Gasteiger partial charge < -0.3 is 9.15 Å². The van der Waals surface area contributed by atoms with Gasteiger partial charge in [0.15, 0.2) is 18.2 Å². The fourth-order valence-electron chi connectivity index (χ4n) is 2.63. The molecule has 0 amide bonds. The second-order valence-electron chi connectivity index (χ2n) is 5.71. The molecular weight excluding hydrogens is 332 g/mol. The molecule has 1 N–H and O–H groups in total. The van der Waals surface area contributed by atoms with Gasteiger partial charge in [-0.1, -0.05) is 36.4 Å². The van der Waals surface area contributed by atoms with Gasteiger partial charge in [0.25, 0.3) is 0 Å². The SMILES string of the molecule is O=C(COC(=O)c1cc(-c2ccco2)n[nH]1)c1ccc2ccccc2c1. The molecule has 26 heavy (non-hydrogen) atoms. The highest BCUT2D eigenvalue weighted by atomic mass is 16.5. The monoisotopic (exact) mass is 346 g/mol. The smallest absolute Gasteiger partial charge is 0.356 e. The first-order chi connectivity index (χ1) is 12.7. The van der Waals surface area contributed by atoms with Gasteiger partial charge in [-0.2, -0.15) is 5.10 Å². The number of benzene rings is 2. The molecule has 0 atom stereocenters. The Bertz CT molecular complexity index is 1080. The maximum atomic E-state index is 12.3. The summed E-state index contributed by atoms with van der Waals surface area (Å²) < 4.78 is 10.3. The summed E-state index contributed by atoms with van der Waals surface area (Å²) in [6.45, 7) is -0.341. The molecule has 0 aliphatic heterocycles. The van der Waals surface area contributed by atoms with Gasteiger partial charge in [-0.05, 0) is 29.0 Å². The number of ether oxygens (including phenoxy) is 1. The molecule has 0 aliphatic carbocycles. The highest BCUT2D eigenvalue weighted by Gasteiger charge is 2.16. The molecule has 0 radical (unpaired) electrons. The number of H-pyrrole nitrogens is 1. The van der Waals surface area contributed by atoms with Crippen LogP contribution < -0.4 is 0 Å². The second-order valence-corrected chi connectivity index (χ2v) is 5.71. The first-order valence-corrected chi connectivity index (χ1v) is 7.99. The number of fused-ring (bicyclic) bond motifs is 1. The van der Waals surface area contributed by atoms with Crippen molar-refractivity contribution in [2.75, 3.05) is 6.61 Å². The Morgan fingerprint density at radius 3 is 2.65 bits per heavy atom. The molecule has 0 aliphatic rings. The molecular formula is C20H14N2O4. The fourth-order valence-corrected chi connectivity index (χ4v) is 2.63. The van der Waals surface area contributed by atoms with E-state index < -0.39 is 5.97 Å². The van der Waals surface area contributed by atoms with Crippen LogP contribution in [0, 0.1) is 0 Å². The van der Waals surface area contributed by atoms with E-state index in [-0.39, 0.29) is 18.1 Å². The van der Waals surface area contributed by atoms with Crippen molar-refractivity contribution in [2.24, 2.45) is 0 Å². The van der Waals surface area contributed by atoms with Crippen LogP contribution in [0.25, 0.3) is 22.2 Å². The van der Waals surface area contributed by atoms with Gasteiger partial charge >= 0.3 is 5.97 Å². The third kappa shape index (κ3) is 3.12. The van der Waals surface area contributed by atoms with Crippen LogP contribution in [0.15, 0.2) is 71.3 Å². The summed E-state index contributed by atoms with van der Waals surface area (Å²) in [5, 5.41) is 8.59. The standard InChI is InChI=1S/C20H14N2O4/c23-18(15-8-7-13-4-1-2-5-14(13)10-15)12-26-20(24)17-11-16(21-22-17)19-6-3-9-25-19/h1-11H,12H2,(H,21,22). The lowest BCUT2D eigenvalue weighted by Crippen LogP contribution is -2.14. The molecule has 2 heterocycles. The summed E-state index contributed by atoms with van der Waals surface area (Å²) >= 11 is 0. The third-order valence-electron chi connectivity index (χ3n) is 3.98. The molecule has 4 rings (SSSR count). The van der Waals surface area contributed by atoms with Crippen LogP contribution in [0.1, 0.15) is 20.8 Å². The van der Waals surface area contributed by atoms with Crippen molar-refractivity contribution in [3.63, 3.8) is 0 Å². The zero-order valence-corrected chi connectivity index (χ0v) is 13.6. The minimum Gasteiger partial charge on any atom is -0.463 e. The van der Waals surface area contributed by atoms with Crippen LogP contribution in [0.3, 0.4) is 0 Å². The number of aromatic amines is 1. The first kappa shape index (κ1) is 15.8. The first-order valence-electron chi connectivity index (χ1n) is 7.99. The van der Waals surface area contributed by atoms with Gasteiger partial charge in [0.05, 0.1) is 6.26 Å². The minimum atomic E-state index is -0.649. The number of esters is 1. The zero-order valence-electron chi connectivity index (χ0n) is 13.6. The van der Waals surface area contributed by atoms with Crippen LogP contribution in [0.5, 0.6) is 0 Å². The number of nitrogens with zero attached hydrogens (tertiary/aromatic N) is 1. The summed E-state index contributed by atoms with van der Waals surface area (Å²) in [6, 6.07) is 18.1. The van der Waals surface area contributed by atoms with Crippen molar-refractivity contribution in [1.82, 2.24) is 10.2 Å². The Labute approximate surface area is 148 Å². The number of hydrogen-bond acceptors (Lipinski definition) is 5. The largest absolute Gasteiger partial charge is 0.463 e. The van der Waals surface area contributed by atoms with Gasteiger partial charge in [-0.3, -0.25) is 9.89 Å². The van der Waals surface area contributed by atoms with E-state index in [0.29, 0.717) is 17.0 Å². The van der Waals surface area contributed by atoms with E-state index in [4.69, 9.17) is 9.15 Å². The molecule has 0 bridgehead atoms. The number of nitrogens with one attached hydrogen (secondary N) is 1. The molecule has 6 nitrogen and oxygen atoms in total. The second kappa shape index (κ2) is 6.68. The van der Waals surface area contributed by atoms with Gasteiger partial charge in [0.2, 0.25) is 0 Å². The predicted molar refractivity (Wildman–Crippen MR) is 94.9 cm³/mol. The third-order valence-corrected chi connectivity index (χ3v) is 3.98. The van der Waals surface area contributed by atoms with E-state index in [0.717, 1.165) is 10.8 Å². The Hall–Kier alpha value is -3.67. The minimum absolute atomic E-state index is 0.155. The van der Waals surface area contributed by atoms with Crippen molar-refractivity contribution < 1.29 is 18.7 Å². The van der Waals surface area contributed by atoms with Gasteiger partial charge in [0, 0.05) is 11.6 Å². The van der Waals surface area contributed by atoms with Gasteiger partial charge in [0.1, 0.15) is 11.4 Å². The zero-order chi connectivity index (χ0) is 17.9. The number of hydrogen-bond donors (Lipinski definition) is 1. The molecule has 2 aromatic heterocycles. The lowest BCUT2D eigenvalue weighted by molar-refractivity contribution is 0.0469. The maximum absolute atomic E-state index is 12.3. The summed E-state index contributed by atoms with van der Waals surface area (Å²) in [6.07, 6.45) is 1.52. The van der Waals surface area contributed by atoms with Gasteiger partial charge in [-0.25, -0.2) is 4.79 Å². The van der Waals surface area contributed by atoms with E-state index in [9.17, 15) is 9.59 Å². The Kier molecular flexibility index (Phi) is 4.07. The normalized spacial score (nSPS) is 10.8. The van der Waals surface area contributed by atoms with Crippen molar-refractivity contribution in [3.05, 3.63) is 78.2 Å². The maximum Gasteiger partial charge on any atom is 0.356 e. The lowest BCUT2D eigenvalue weighted by Gasteiger charge is -2.04. The topological polar surface area (TPSA) is 85.2 Å². The molecule has 128 valence electrons. The predicted octanol–water partition coefficient (Wildman–Crippen LogP) is 3.86. The van der Waals surface area contributed by atoms with Crippen LogP contribution in [-0.2, 0) is 4.74 Å². The van der Waals surface area contributed by atoms with Crippen LogP contribution in [-0.4, -0.2) is 28.6 Å². The molecule has 6 heteroatoms. The number of rotatable bonds is 5. The molecule has 0 spiro atoms. The Balaban J connectivity index is 1.42. The molecule has 0 saturated heterocycles. The van der Waals surface area contributed by atoms with Gasteiger partial charge in [-0.15, -0.1) is 0 Å². The quantitative estimate of drug-likeness (QED) is 0.438. The Morgan fingerprint density at radius 1 is 1.00 bits per heavy atom. The fraction of sp³-hybridized carbons (Fsp3) is 0.0500. The molecule has 0 saturated carbocycles. The van der Waals surface area contributed by atoms with E-state index in [1.165, 1.54) is 12.3 Å². The van der Waals surface area contributed by atoms with Crippen LogP contribution in [0.2, 0.25) is 0 Å². The van der Waals surface area contributed by atoms with E-state index in [2.05, 4.69) is 10.2 Å². The van der Waals surface area contributed by atoms with E-state index in [1.807, 2.05) is 30.3 Å². The Morgan fingerprint density at radius 2 is 1.85 bits per heavy atom. The number of Topliss-reactive ketones (excluding diaryl/α,β-unsaturated/α-hetero) is 1. The highest BCUT2D eigenvalue weighted by molar-refractivity contribution is 6.02.